The molecule has 0 bridgehead atoms. The van der Waals surface area contributed by atoms with Crippen molar-refractivity contribution in [3.63, 3.8) is 0 Å². The van der Waals surface area contributed by atoms with Gasteiger partial charge in [-0.25, -0.2) is 0 Å². The standard InChI is InChI=1S/C12H24N2/c1-9(2)10-7-14(8-10)12-5-3-11(13)4-6-12/h9-12H,3-8,13H2,1-2H3. The molecule has 1 saturated carbocycles. The van der Waals surface area contributed by atoms with Crippen LogP contribution >= 0.6 is 0 Å². The van der Waals surface area contributed by atoms with Crippen LogP contribution in [0.25, 0.3) is 0 Å². The zero-order valence-corrected chi connectivity index (χ0v) is 9.58. The van der Waals surface area contributed by atoms with E-state index < -0.39 is 0 Å². The minimum Gasteiger partial charge on any atom is -0.328 e. The molecule has 1 saturated heterocycles. The summed E-state index contributed by atoms with van der Waals surface area (Å²) in [5, 5.41) is 0. The first-order valence-electron chi connectivity index (χ1n) is 6.16. The van der Waals surface area contributed by atoms with Gasteiger partial charge in [0.05, 0.1) is 0 Å². The van der Waals surface area contributed by atoms with Gasteiger partial charge in [-0.05, 0) is 37.5 Å². The Kier molecular flexibility index (Phi) is 3.13. The first-order chi connectivity index (χ1) is 6.66. The molecule has 1 aliphatic carbocycles. The maximum Gasteiger partial charge on any atom is 0.00966 e. The number of likely N-dealkylation sites (tertiary alicyclic amines) is 1. The Morgan fingerprint density at radius 2 is 1.64 bits per heavy atom. The highest BCUT2D eigenvalue weighted by molar-refractivity contribution is 4.89. The van der Waals surface area contributed by atoms with Crippen LogP contribution in [-0.2, 0) is 0 Å². The zero-order chi connectivity index (χ0) is 10.1. The van der Waals surface area contributed by atoms with E-state index in [0.29, 0.717) is 6.04 Å². The van der Waals surface area contributed by atoms with Crippen molar-refractivity contribution >= 4 is 0 Å². The van der Waals surface area contributed by atoms with E-state index in [-0.39, 0.29) is 0 Å². The predicted octanol–water partition coefficient (Wildman–Crippen LogP) is 1.84. The third kappa shape index (κ3) is 2.12. The maximum absolute atomic E-state index is 5.91. The molecule has 0 aromatic rings. The highest BCUT2D eigenvalue weighted by atomic mass is 15.2. The molecule has 0 aromatic heterocycles. The summed E-state index contributed by atoms with van der Waals surface area (Å²) >= 11 is 0. The van der Waals surface area contributed by atoms with Crippen molar-refractivity contribution in [1.29, 1.82) is 0 Å². The maximum atomic E-state index is 5.91. The third-order valence-electron chi connectivity index (χ3n) is 4.14. The first-order valence-corrected chi connectivity index (χ1v) is 6.16. The van der Waals surface area contributed by atoms with Crippen LogP contribution in [0.5, 0.6) is 0 Å². The lowest BCUT2D eigenvalue weighted by molar-refractivity contribution is 0.0118. The molecule has 1 heterocycles. The Bertz CT molecular complexity index is 177. The van der Waals surface area contributed by atoms with Gasteiger partial charge in [0, 0.05) is 25.2 Å². The minimum atomic E-state index is 0.494. The van der Waals surface area contributed by atoms with E-state index in [1.807, 2.05) is 0 Å². The minimum absolute atomic E-state index is 0.494. The normalized spacial score (nSPS) is 36.0. The van der Waals surface area contributed by atoms with Gasteiger partial charge < -0.3 is 5.73 Å². The SMILES string of the molecule is CC(C)C1CN(C2CCC(N)CC2)C1. The quantitative estimate of drug-likeness (QED) is 0.730. The molecule has 2 heteroatoms. The number of hydrogen-bond donors (Lipinski definition) is 1. The summed E-state index contributed by atoms with van der Waals surface area (Å²) in [5.74, 6) is 1.84. The molecule has 14 heavy (non-hydrogen) atoms. The highest BCUT2D eigenvalue weighted by Gasteiger charge is 2.34. The summed E-state index contributed by atoms with van der Waals surface area (Å²) in [6, 6.07) is 1.36. The zero-order valence-electron chi connectivity index (χ0n) is 9.58. The number of nitrogens with zero attached hydrogens (tertiary/aromatic N) is 1. The van der Waals surface area contributed by atoms with Gasteiger partial charge in [0.15, 0.2) is 0 Å². The van der Waals surface area contributed by atoms with Gasteiger partial charge in [-0.3, -0.25) is 4.90 Å². The van der Waals surface area contributed by atoms with E-state index in [1.165, 1.54) is 38.8 Å². The summed E-state index contributed by atoms with van der Waals surface area (Å²) in [4.78, 5) is 2.68. The average Bonchev–Trinajstić information content (AvgIpc) is 2.05. The van der Waals surface area contributed by atoms with Crippen LogP contribution in [0.1, 0.15) is 39.5 Å². The van der Waals surface area contributed by atoms with Gasteiger partial charge >= 0.3 is 0 Å². The average molecular weight is 196 g/mol. The van der Waals surface area contributed by atoms with Gasteiger partial charge in [-0.1, -0.05) is 13.8 Å². The highest BCUT2D eigenvalue weighted by Crippen LogP contribution is 2.31. The lowest BCUT2D eigenvalue weighted by atomic mass is 9.83. The largest absolute Gasteiger partial charge is 0.328 e. The molecule has 1 aliphatic heterocycles. The van der Waals surface area contributed by atoms with E-state index in [9.17, 15) is 0 Å². The van der Waals surface area contributed by atoms with E-state index >= 15 is 0 Å². The van der Waals surface area contributed by atoms with Gasteiger partial charge in [0.2, 0.25) is 0 Å². The molecule has 0 aromatic carbocycles. The summed E-state index contributed by atoms with van der Waals surface area (Å²) in [5.41, 5.74) is 5.91. The Labute approximate surface area is 87.8 Å². The van der Waals surface area contributed by atoms with Crippen molar-refractivity contribution in [1.82, 2.24) is 4.90 Å². The van der Waals surface area contributed by atoms with Gasteiger partial charge in [-0.2, -0.15) is 0 Å². The fraction of sp³-hybridized carbons (Fsp3) is 1.00. The van der Waals surface area contributed by atoms with Crippen molar-refractivity contribution in [2.24, 2.45) is 17.6 Å². The summed E-state index contributed by atoms with van der Waals surface area (Å²) in [7, 11) is 0. The van der Waals surface area contributed by atoms with Gasteiger partial charge in [0.1, 0.15) is 0 Å². The monoisotopic (exact) mass is 196 g/mol. The lowest BCUT2D eigenvalue weighted by Gasteiger charge is -2.48. The molecule has 0 atom stereocenters. The molecule has 2 nitrogen and oxygen atoms in total. The van der Waals surface area contributed by atoms with Crippen LogP contribution in [0, 0.1) is 11.8 Å². The Morgan fingerprint density at radius 1 is 1.07 bits per heavy atom. The molecule has 2 rings (SSSR count). The third-order valence-corrected chi connectivity index (χ3v) is 4.14. The van der Waals surface area contributed by atoms with Crippen molar-refractivity contribution in [3.05, 3.63) is 0 Å². The van der Waals surface area contributed by atoms with Crippen molar-refractivity contribution in [2.45, 2.75) is 51.6 Å². The molecular weight excluding hydrogens is 172 g/mol. The Hall–Kier alpha value is -0.0800. The van der Waals surface area contributed by atoms with Crippen LogP contribution in [0.4, 0.5) is 0 Å². The van der Waals surface area contributed by atoms with Gasteiger partial charge in [0.25, 0.3) is 0 Å². The molecule has 0 unspecified atom stereocenters. The molecule has 2 N–H and O–H groups in total. The van der Waals surface area contributed by atoms with E-state index in [4.69, 9.17) is 5.73 Å². The first kappa shape index (κ1) is 10.4. The Balaban J connectivity index is 1.72. The topological polar surface area (TPSA) is 29.3 Å². The number of hydrogen-bond acceptors (Lipinski definition) is 2. The molecule has 0 radical (unpaired) electrons. The van der Waals surface area contributed by atoms with E-state index in [2.05, 4.69) is 18.7 Å². The summed E-state index contributed by atoms with van der Waals surface area (Å²) < 4.78 is 0. The predicted molar refractivity (Wildman–Crippen MR) is 60.1 cm³/mol. The van der Waals surface area contributed by atoms with E-state index in [1.54, 1.807) is 0 Å². The van der Waals surface area contributed by atoms with Crippen molar-refractivity contribution < 1.29 is 0 Å². The van der Waals surface area contributed by atoms with Crippen molar-refractivity contribution in [3.8, 4) is 0 Å². The molecule has 2 fully saturated rings. The number of nitrogens with two attached hydrogens (primary N) is 1. The second kappa shape index (κ2) is 4.19. The van der Waals surface area contributed by atoms with Crippen LogP contribution in [0.15, 0.2) is 0 Å². The summed E-state index contributed by atoms with van der Waals surface area (Å²) in [6.45, 7) is 7.38. The van der Waals surface area contributed by atoms with Crippen LogP contribution in [-0.4, -0.2) is 30.1 Å². The fourth-order valence-corrected chi connectivity index (χ4v) is 2.74. The van der Waals surface area contributed by atoms with E-state index in [0.717, 1.165) is 17.9 Å². The van der Waals surface area contributed by atoms with Crippen molar-refractivity contribution in [2.75, 3.05) is 13.1 Å². The van der Waals surface area contributed by atoms with Gasteiger partial charge in [-0.15, -0.1) is 0 Å². The molecule has 2 aliphatic rings. The molecule has 82 valence electrons. The second-order valence-corrected chi connectivity index (χ2v) is 5.53. The lowest BCUT2D eigenvalue weighted by Crippen LogP contribution is -2.55. The fourth-order valence-electron chi connectivity index (χ4n) is 2.74. The Morgan fingerprint density at radius 3 is 2.14 bits per heavy atom. The second-order valence-electron chi connectivity index (χ2n) is 5.53. The smallest absolute Gasteiger partial charge is 0.00966 e. The number of rotatable bonds is 2. The molecule has 0 amide bonds. The van der Waals surface area contributed by atoms with Crippen LogP contribution < -0.4 is 5.73 Å². The van der Waals surface area contributed by atoms with Crippen LogP contribution in [0.2, 0.25) is 0 Å². The summed E-state index contributed by atoms with van der Waals surface area (Å²) in [6.07, 6.45) is 5.17. The van der Waals surface area contributed by atoms with Crippen LogP contribution in [0.3, 0.4) is 0 Å². The molecular formula is C12H24N2. The molecule has 0 spiro atoms.